The Morgan fingerprint density at radius 1 is 0.750 bits per heavy atom. The van der Waals surface area contributed by atoms with Crippen molar-refractivity contribution in [1.82, 2.24) is 0 Å². The minimum Gasteiger partial charge on any atom is -0.0838 e. The van der Waals surface area contributed by atoms with Crippen LogP contribution in [-0.4, -0.2) is 0 Å². The average Bonchev–Trinajstić information content (AvgIpc) is 2.27. The molecular formula is C16H22. The van der Waals surface area contributed by atoms with Crippen LogP contribution in [0.25, 0.3) is 0 Å². The van der Waals surface area contributed by atoms with E-state index in [-0.39, 0.29) is 0 Å². The molecule has 0 bridgehead atoms. The van der Waals surface area contributed by atoms with E-state index in [4.69, 9.17) is 0 Å². The summed E-state index contributed by atoms with van der Waals surface area (Å²) in [5.74, 6) is 1.27. The van der Waals surface area contributed by atoms with Crippen LogP contribution >= 0.6 is 0 Å². The molecule has 86 valence electrons. The van der Waals surface area contributed by atoms with Gasteiger partial charge in [-0.05, 0) is 46.9 Å². The van der Waals surface area contributed by atoms with Crippen molar-refractivity contribution in [2.45, 2.75) is 52.4 Å². The Kier molecular flexibility index (Phi) is 3.18. The second kappa shape index (κ2) is 4.45. The van der Waals surface area contributed by atoms with Crippen molar-refractivity contribution in [3.05, 3.63) is 46.5 Å². The Bertz CT molecular complexity index is 369. The van der Waals surface area contributed by atoms with E-state index >= 15 is 0 Å². The van der Waals surface area contributed by atoms with Crippen LogP contribution in [0.4, 0.5) is 0 Å². The zero-order chi connectivity index (χ0) is 11.7. The highest BCUT2D eigenvalue weighted by molar-refractivity contribution is 5.44. The van der Waals surface area contributed by atoms with E-state index in [9.17, 15) is 0 Å². The van der Waals surface area contributed by atoms with Gasteiger partial charge in [-0.2, -0.15) is 0 Å². The molecule has 1 aromatic rings. The van der Waals surface area contributed by atoms with Crippen LogP contribution in [-0.2, 0) is 12.8 Å². The largest absolute Gasteiger partial charge is 0.0838 e. The minimum atomic E-state index is 0.633. The number of rotatable bonds is 2. The number of benzene rings is 1. The smallest absolute Gasteiger partial charge is 0.00944 e. The molecule has 1 aromatic carbocycles. The number of hydrogen-bond donors (Lipinski definition) is 0. The SMILES string of the molecule is CC(C)c1cc2c(cc1C(C)C)CC=CC2. The molecule has 2 rings (SSSR count). The Morgan fingerprint density at radius 3 is 1.44 bits per heavy atom. The molecule has 0 heteroatoms. The van der Waals surface area contributed by atoms with Gasteiger partial charge in [0.1, 0.15) is 0 Å². The average molecular weight is 214 g/mol. The van der Waals surface area contributed by atoms with Crippen molar-refractivity contribution < 1.29 is 0 Å². The minimum absolute atomic E-state index is 0.633. The predicted molar refractivity (Wildman–Crippen MR) is 71.2 cm³/mol. The molecule has 0 aliphatic heterocycles. The zero-order valence-electron chi connectivity index (χ0n) is 10.9. The summed E-state index contributed by atoms with van der Waals surface area (Å²) in [7, 11) is 0. The van der Waals surface area contributed by atoms with E-state index < -0.39 is 0 Å². The van der Waals surface area contributed by atoms with Gasteiger partial charge in [-0.3, -0.25) is 0 Å². The van der Waals surface area contributed by atoms with E-state index in [0.29, 0.717) is 11.8 Å². The lowest BCUT2D eigenvalue weighted by atomic mass is 9.84. The van der Waals surface area contributed by atoms with Crippen molar-refractivity contribution in [2.24, 2.45) is 0 Å². The molecule has 0 spiro atoms. The standard InChI is InChI=1S/C16H22/c1-11(2)15-9-13-7-5-6-8-14(13)10-16(15)12(3)4/h5-6,9-12H,7-8H2,1-4H3. The van der Waals surface area contributed by atoms with E-state index in [1.807, 2.05) is 0 Å². The van der Waals surface area contributed by atoms with Crippen LogP contribution < -0.4 is 0 Å². The lowest BCUT2D eigenvalue weighted by Gasteiger charge is -2.21. The summed E-state index contributed by atoms with van der Waals surface area (Å²) in [5, 5.41) is 0. The molecule has 1 aliphatic carbocycles. The summed E-state index contributed by atoms with van der Waals surface area (Å²) < 4.78 is 0. The molecule has 0 nitrogen and oxygen atoms in total. The molecular weight excluding hydrogens is 192 g/mol. The van der Waals surface area contributed by atoms with Gasteiger partial charge in [0.2, 0.25) is 0 Å². The van der Waals surface area contributed by atoms with Crippen LogP contribution in [0.2, 0.25) is 0 Å². The first-order valence-corrected chi connectivity index (χ1v) is 6.40. The Hall–Kier alpha value is -1.04. The highest BCUT2D eigenvalue weighted by atomic mass is 14.2. The van der Waals surface area contributed by atoms with E-state index in [1.54, 1.807) is 11.1 Å². The van der Waals surface area contributed by atoms with Gasteiger partial charge < -0.3 is 0 Å². The second-order valence-corrected chi connectivity index (χ2v) is 5.44. The van der Waals surface area contributed by atoms with Crippen molar-refractivity contribution >= 4 is 0 Å². The fraction of sp³-hybridized carbons (Fsp3) is 0.500. The summed E-state index contributed by atoms with van der Waals surface area (Å²) in [6.45, 7) is 9.19. The van der Waals surface area contributed by atoms with Crippen LogP contribution in [0, 0.1) is 0 Å². The van der Waals surface area contributed by atoms with Gasteiger partial charge in [0.05, 0.1) is 0 Å². The molecule has 1 aliphatic rings. The third kappa shape index (κ3) is 2.07. The summed E-state index contributed by atoms with van der Waals surface area (Å²) in [5.41, 5.74) is 6.17. The molecule has 0 heterocycles. The molecule has 0 atom stereocenters. The highest BCUT2D eigenvalue weighted by Crippen LogP contribution is 2.31. The monoisotopic (exact) mass is 214 g/mol. The highest BCUT2D eigenvalue weighted by Gasteiger charge is 2.14. The molecule has 0 radical (unpaired) electrons. The first-order valence-electron chi connectivity index (χ1n) is 6.40. The summed E-state index contributed by atoms with van der Waals surface area (Å²) in [6.07, 6.45) is 6.82. The predicted octanol–water partition coefficient (Wildman–Crippen LogP) is 4.59. The fourth-order valence-corrected chi connectivity index (χ4v) is 2.53. The van der Waals surface area contributed by atoms with Gasteiger partial charge in [-0.1, -0.05) is 52.0 Å². The second-order valence-electron chi connectivity index (χ2n) is 5.44. The molecule has 0 amide bonds. The number of fused-ring (bicyclic) bond motifs is 1. The maximum Gasteiger partial charge on any atom is -0.00944 e. The van der Waals surface area contributed by atoms with E-state index in [0.717, 1.165) is 12.8 Å². The van der Waals surface area contributed by atoms with Crippen LogP contribution in [0.15, 0.2) is 24.3 Å². The van der Waals surface area contributed by atoms with Crippen molar-refractivity contribution in [2.75, 3.05) is 0 Å². The van der Waals surface area contributed by atoms with Gasteiger partial charge in [0, 0.05) is 0 Å². The van der Waals surface area contributed by atoms with Crippen LogP contribution in [0.5, 0.6) is 0 Å². The quantitative estimate of drug-likeness (QED) is 0.632. The van der Waals surface area contributed by atoms with Gasteiger partial charge in [0.15, 0.2) is 0 Å². The fourth-order valence-electron chi connectivity index (χ4n) is 2.53. The zero-order valence-corrected chi connectivity index (χ0v) is 10.9. The Morgan fingerprint density at radius 2 is 1.12 bits per heavy atom. The van der Waals surface area contributed by atoms with Crippen LogP contribution in [0.3, 0.4) is 0 Å². The molecule has 16 heavy (non-hydrogen) atoms. The summed E-state index contributed by atoms with van der Waals surface area (Å²) in [4.78, 5) is 0. The van der Waals surface area contributed by atoms with Crippen molar-refractivity contribution in [3.63, 3.8) is 0 Å². The van der Waals surface area contributed by atoms with Crippen LogP contribution in [0.1, 0.15) is 61.8 Å². The van der Waals surface area contributed by atoms with Gasteiger partial charge in [0.25, 0.3) is 0 Å². The normalized spacial score (nSPS) is 14.6. The molecule has 0 saturated heterocycles. The topological polar surface area (TPSA) is 0 Å². The third-order valence-corrected chi connectivity index (χ3v) is 3.49. The Balaban J connectivity index is 2.52. The molecule has 0 N–H and O–H groups in total. The molecule has 0 unspecified atom stereocenters. The number of hydrogen-bond acceptors (Lipinski definition) is 0. The Labute approximate surface area is 99.4 Å². The van der Waals surface area contributed by atoms with Gasteiger partial charge in [-0.15, -0.1) is 0 Å². The van der Waals surface area contributed by atoms with Crippen molar-refractivity contribution in [1.29, 1.82) is 0 Å². The van der Waals surface area contributed by atoms with E-state index in [2.05, 4.69) is 52.0 Å². The maximum absolute atomic E-state index is 2.44. The summed E-state index contributed by atoms with van der Waals surface area (Å²) in [6, 6.07) is 4.89. The first-order chi connectivity index (χ1) is 7.59. The molecule has 0 aromatic heterocycles. The third-order valence-electron chi connectivity index (χ3n) is 3.49. The van der Waals surface area contributed by atoms with Gasteiger partial charge >= 0.3 is 0 Å². The van der Waals surface area contributed by atoms with E-state index in [1.165, 1.54) is 11.1 Å². The first kappa shape index (κ1) is 11.4. The lowest BCUT2D eigenvalue weighted by molar-refractivity contribution is 0.783. The maximum atomic E-state index is 2.44. The summed E-state index contributed by atoms with van der Waals surface area (Å²) >= 11 is 0. The molecule has 0 saturated carbocycles. The molecule has 0 fully saturated rings. The van der Waals surface area contributed by atoms with Gasteiger partial charge in [-0.25, -0.2) is 0 Å². The van der Waals surface area contributed by atoms with Crippen molar-refractivity contribution in [3.8, 4) is 0 Å². The number of allylic oxidation sites excluding steroid dienone is 2. The lowest BCUT2D eigenvalue weighted by Crippen LogP contribution is -2.05.